The van der Waals surface area contributed by atoms with Crippen LogP contribution in [0.4, 0.5) is 0 Å². The van der Waals surface area contributed by atoms with E-state index in [0.717, 1.165) is 27.4 Å². The van der Waals surface area contributed by atoms with Crippen molar-refractivity contribution >= 4 is 93.3 Å². The van der Waals surface area contributed by atoms with Gasteiger partial charge < -0.3 is 29.4 Å². The van der Waals surface area contributed by atoms with E-state index in [1.807, 2.05) is 73.7 Å². The molecule has 0 fully saturated rings. The first kappa shape index (κ1) is 52.6. The van der Waals surface area contributed by atoms with Crippen LogP contribution >= 0.6 is 46.8 Å². The van der Waals surface area contributed by atoms with E-state index in [2.05, 4.69) is 41.6 Å². The Hall–Kier alpha value is -2.79. The van der Waals surface area contributed by atoms with Gasteiger partial charge in [0.15, 0.2) is 11.6 Å². The van der Waals surface area contributed by atoms with E-state index in [1.54, 1.807) is 51.4 Å². The van der Waals surface area contributed by atoms with Gasteiger partial charge in [-0.1, -0.05) is 89.2 Å². The topological polar surface area (TPSA) is 159 Å². The van der Waals surface area contributed by atoms with Gasteiger partial charge in [-0.15, -0.1) is 25.3 Å². The van der Waals surface area contributed by atoms with Crippen molar-refractivity contribution in [3.8, 4) is 0 Å². The van der Waals surface area contributed by atoms with Crippen LogP contribution in [0, 0.1) is 0 Å². The Morgan fingerprint density at radius 2 is 0.961 bits per heavy atom. The van der Waals surface area contributed by atoms with Crippen molar-refractivity contribution in [2.24, 2.45) is 5.73 Å². The maximum atomic E-state index is 12.0. The van der Waals surface area contributed by atoms with E-state index in [0.29, 0.717) is 28.0 Å². The van der Waals surface area contributed by atoms with Crippen molar-refractivity contribution in [1.82, 2.24) is 10.6 Å². The second-order valence-electron chi connectivity index (χ2n) is 9.00. The molecule has 51 heavy (non-hydrogen) atoms. The fourth-order valence-electron chi connectivity index (χ4n) is 3.48. The number of aliphatic hydroxyl groups excluding tert-OH is 2. The molecule has 0 heterocycles. The summed E-state index contributed by atoms with van der Waals surface area (Å²) in [7, 11) is 8.71. The van der Waals surface area contributed by atoms with Gasteiger partial charge in [0.25, 0.3) is 11.8 Å². The molecule has 0 aliphatic heterocycles. The zero-order chi connectivity index (χ0) is 38.5. The number of carbonyl (C=O) groups excluding carboxylic acids is 4. The monoisotopic (exact) mass is 785 g/mol. The van der Waals surface area contributed by atoms with Crippen LogP contribution in [0.2, 0.25) is 0 Å². The van der Waals surface area contributed by atoms with Gasteiger partial charge in [0, 0.05) is 64.9 Å². The van der Waals surface area contributed by atoms with Gasteiger partial charge in [-0.3, -0.25) is 19.2 Å². The van der Waals surface area contributed by atoms with Crippen LogP contribution in [0.15, 0.2) is 117 Å². The van der Waals surface area contributed by atoms with Crippen LogP contribution < -0.4 is 16.4 Å². The molecule has 0 saturated carbocycles. The quantitative estimate of drug-likeness (QED) is 0.0433. The molecular formula is C37H51MgN3O6S4. The molecule has 0 unspecified atom stereocenters. The Bertz CT molecular complexity index is 1550. The SMILES string of the molecule is CC(=O)c1ccccc1S.CCC(=O)c1ccccc1SSc1ccccc1C(=O)NC.CCO.CN.CNC(=O)c1ccccc1S.CO.[H-].[H-].[Mg+2]. The molecule has 0 radical (unpaired) electrons. The average molecular weight is 786 g/mol. The molecule has 4 rings (SSSR count). The van der Waals surface area contributed by atoms with Crippen LogP contribution in [-0.4, -0.2) is 91.5 Å². The Labute approximate surface area is 340 Å². The summed E-state index contributed by atoms with van der Waals surface area (Å²) in [6.45, 7) is 5.33. The first-order valence-corrected chi connectivity index (χ1v) is 18.3. The normalized spacial score (nSPS) is 8.86. The van der Waals surface area contributed by atoms with E-state index in [4.69, 9.17) is 10.2 Å². The number of aliphatic hydroxyl groups is 2. The summed E-state index contributed by atoms with van der Waals surface area (Å²) in [4.78, 5) is 49.0. The zero-order valence-corrected chi connectivity index (χ0v) is 35.0. The smallest absolute Gasteiger partial charge is 1.00 e. The predicted molar refractivity (Wildman–Crippen MR) is 222 cm³/mol. The Kier molecular flexibility index (Phi) is 34.1. The average Bonchev–Trinajstić information content (AvgIpc) is 3.16. The number of amides is 2. The van der Waals surface area contributed by atoms with Gasteiger partial charge in [0.05, 0.1) is 11.1 Å². The van der Waals surface area contributed by atoms with E-state index >= 15 is 0 Å². The van der Waals surface area contributed by atoms with Crippen molar-refractivity contribution in [2.75, 3.05) is 34.9 Å². The van der Waals surface area contributed by atoms with Gasteiger partial charge in [-0.2, -0.15) is 0 Å². The Morgan fingerprint density at radius 3 is 1.31 bits per heavy atom. The van der Waals surface area contributed by atoms with Crippen LogP contribution in [0.25, 0.3) is 0 Å². The third-order valence-electron chi connectivity index (χ3n) is 5.75. The zero-order valence-electron chi connectivity index (χ0n) is 32.2. The van der Waals surface area contributed by atoms with Gasteiger partial charge >= 0.3 is 23.1 Å². The number of nitrogens with one attached hydrogen (secondary N) is 2. The molecule has 0 aliphatic rings. The molecule has 2 amide bonds. The molecule has 4 aromatic carbocycles. The number of nitrogens with two attached hydrogens (primary N) is 1. The van der Waals surface area contributed by atoms with Crippen LogP contribution in [0.1, 0.15) is 71.5 Å². The molecule has 9 nitrogen and oxygen atoms in total. The summed E-state index contributed by atoms with van der Waals surface area (Å²) in [6, 6.07) is 29.5. The third kappa shape index (κ3) is 20.7. The van der Waals surface area contributed by atoms with E-state index in [-0.39, 0.29) is 55.9 Å². The largest absolute Gasteiger partial charge is 2.00 e. The van der Waals surface area contributed by atoms with Crippen molar-refractivity contribution in [1.29, 1.82) is 0 Å². The van der Waals surface area contributed by atoms with Crippen molar-refractivity contribution in [3.63, 3.8) is 0 Å². The summed E-state index contributed by atoms with van der Waals surface area (Å²) < 4.78 is 0. The molecule has 0 bridgehead atoms. The first-order valence-electron chi connectivity index (χ1n) is 15.3. The maximum absolute atomic E-state index is 12.0. The number of hydrogen-bond acceptors (Lipinski definition) is 11. The molecule has 0 aromatic heterocycles. The standard InChI is InChI=1S/C17H17NO2S2.C8H9NOS.C8H8OS.C2H6O.CH5N.CH4O.Mg.2H/c1-3-14(19)12-8-4-6-10-15(12)21-22-16-11-7-5-9-13(16)17(20)18-2;1-9-8(10)6-4-2-3-5-7(6)11;1-6(9)7-4-2-3-5-8(7)10;1-2-3;2*1-2;;;/h4-11H,3H2,1-2H3,(H,18,20);2-5,11H,1H3,(H,9,10);2-5,10H,1H3;3H,2H2,1H3;2H2,1H3;2H,1H3;;;/q;;;;;;+2;2*-1. The van der Waals surface area contributed by atoms with Gasteiger partial charge in [-0.25, -0.2) is 0 Å². The second-order valence-corrected chi connectivity index (χ2v) is 12.2. The number of ketones is 2. The first-order chi connectivity index (χ1) is 24.1. The molecular weight excluding hydrogens is 735 g/mol. The summed E-state index contributed by atoms with van der Waals surface area (Å²) in [5, 5.41) is 19.7. The minimum Gasteiger partial charge on any atom is -1.00 e. The van der Waals surface area contributed by atoms with Crippen molar-refractivity contribution in [2.45, 2.75) is 46.8 Å². The molecule has 14 heteroatoms. The summed E-state index contributed by atoms with van der Waals surface area (Å²) >= 11 is 8.25. The predicted octanol–water partition coefficient (Wildman–Crippen LogP) is 6.98. The van der Waals surface area contributed by atoms with E-state index in [1.165, 1.54) is 35.6 Å². The molecule has 0 spiro atoms. The van der Waals surface area contributed by atoms with Gasteiger partial charge in [0.1, 0.15) is 0 Å². The molecule has 0 saturated heterocycles. The minimum absolute atomic E-state index is 0. The molecule has 4 aromatic rings. The Balaban J connectivity index is -0.000000210. The molecule has 0 atom stereocenters. The number of hydrogen-bond donors (Lipinski definition) is 7. The number of rotatable bonds is 8. The molecule has 276 valence electrons. The minimum atomic E-state index is -0.110. The molecule has 6 N–H and O–H groups in total. The van der Waals surface area contributed by atoms with Crippen LogP contribution in [0.5, 0.6) is 0 Å². The summed E-state index contributed by atoms with van der Waals surface area (Å²) in [5.74, 6) is -0.0221. The number of thiol groups is 2. The second kappa shape index (κ2) is 33.1. The van der Waals surface area contributed by atoms with E-state index < -0.39 is 0 Å². The Morgan fingerprint density at radius 1 is 0.647 bits per heavy atom. The third-order valence-corrected chi connectivity index (χ3v) is 9.01. The van der Waals surface area contributed by atoms with Crippen molar-refractivity contribution in [3.05, 3.63) is 119 Å². The van der Waals surface area contributed by atoms with Crippen molar-refractivity contribution < 1.29 is 32.2 Å². The van der Waals surface area contributed by atoms with Crippen LogP contribution in [-0.2, 0) is 0 Å². The maximum Gasteiger partial charge on any atom is 2.00 e. The van der Waals surface area contributed by atoms with E-state index in [9.17, 15) is 19.2 Å². The fourth-order valence-corrected chi connectivity index (χ4v) is 6.44. The van der Waals surface area contributed by atoms with Crippen LogP contribution in [0.3, 0.4) is 0 Å². The number of carbonyl (C=O) groups is 4. The fraction of sp³-hybridized carbons (Fsp3) is 0.243. The summed E-state index contributed by atoms with van der Waals surface area (Å²) in [5.41, 5.74) is 7.17. The number of Topliss-reactive ketones (excluding diaryl/α,β-unsaturated/α-hetero) is 2. The number of benzene rings is 4. The van der Waals surface area contributed by atoms with Gasteiger partial charge in [0.2, 0.25) is 0 Å². The summed E-state index contributed by atoms with van der Waals surface area (Å²) in [6.07, 6.45) is 0.483. The molecule has 0 aliphatic carbocycles. The van der Waals surface area contributed by atoms with Gasteiger partial charge in [-0.05, 0) is 57.3 Å².